The van der Waals surface area contributed by atoms with E-state index < -0.39 is 9.84 Å². The number of pyridine rings is 1. The minimum Gasteiger partial charge on any atom is -0.392 e. The van der Waals surface area contributed by atoms with Crippen LogP contribution in [0.5, 0.6) is 0 Å². The minimum absolute atomic E-state index is 0.0218. The molecular weight excluding hydrogens is 276 g/mol. The van der Waals surface area contributed by atoms with Crippen LogP contribution in [-0.2, 0) is 23.0 Å². The second-order valence-electron chi connectivity index (χ2n) is 4.45. The molecule has 0 amide bonds. The van der Waals surface area contributed by atoms with Gasteiger partial charge in [-0.25, -0.2) is 13.4 Å². The fourth-order valence-electron chi connectivity index (χ4n) is 1.85. The van der Waals surface area contributed by atoms with Gasteiger partial charge in [0.2, 0.25) is 0 Å². The summed E-state index contributed by atoms with van der Waals surface area (Å²) in [5, 5.41) is 12.1. The molecule has 0 aliphatic rings. The van der Waals surface area contributed by atoms with Gasteiger partial charge in [-0.15, -0.1) is 0 Å². The summed E-state index contributed by atoms with van der Waals surface area (Å²) in [6.45, 7) is 0.416. The molecule has 0 fully saturated rings. The third kappa shape index (κ3) is 3.55. The van der Waals surface area contributed by atoms with Crippen molar-refractivity contribution in [2.45, 2.75) is 18.0 Å². The van der Waals surface area contributed by atoms with Crippen LogP contribution in [0.3, 0.4) is 0 Å². The van der Waals surface area contributed by atoms with E-state index in [1.54, 1.807) is 12.3 Å². The molecule has 0 spiro atoms. The lowest BCUT2D eigenvalue weighted by Gasteiger charge is -2.10. The van der Waals surface area contributed by atoms with Crippen molar-refractivity contribution in [3.8, 4) is 0 Å². The van der Waals surface area contributed by atoms with E-state index in [9.17, 15) is 8.42 Å². The number of aliphatic hydroxyl groups is 1. The van der Waals surface area contributed by atoms with Gasteiger partial charge in [-0.3, -0.25) is 0 Å². The number of benzene rings is 1. The first kappa shape index (κ1) is 14.5. The number of hydrogen-bond acceptors (Lipinski definition) is 5. The van der Waals surface area contributed by atoms with Gasteiger partial charge in [0.25, 0.3) is 0 Å². The van der Waals surface area contributed by atoms with Gasteiger partial charge in [-0.1, -0.05) is 24.3 Å². The van der Waals surface area contributed by atoms with Crippen LogP contribution in [0, 0.1) is 0 Å². The average molecular weight is 292 g/mol. The SMILES string of the molecule is CS(=O)(=O)c1cccnc1NCc1cccc(CO)c1. The van der Waals surface area contributed by atoms with Crippen molar-refractivity contribution >= 4 is 15.7 Å². The smallest absolute Gasteiger partial charge is 0.179 e. The summed E-state index contributed by atoms with van der Waals surface area (Å²) in [4.78, 5) is 4.24. The van der Waals surface area contributed by atoms with Crippen LogP contribution in [-0.4, -0.2) is 24.8 Å². The normalized spacial score (nSPS) is 11.3. The number of nitrogens with zero attached hydrogens (tertiary/aromatic N) is 1. The number of nitrogens with one attached hydrogen (secondary N) is 1. The molecule has 106 valence electrons. The van der Waals surface area contributed by atoms with E-state index in [0.717, 1.165) is 17.4 Å². The zero-order valence-corrected chi connectivity index (χ0v) is 11.9. The average Bonchev–Trinajstić information content (AvgIpc) is 2.44. The lowest BCUT2D eigenvalue weighted by Crippen LogP contribution is -2.08. The molecule has 0 aliphatic carbocycles. The summed E-state index contributed by atoms with van der Waals surface area (Å²) in [5.74, 6) is 0.337. The van der Waals surface area contributed by atoms with E-state index in [0.29, 0.717) is 12.4 Å². The van der Waals surface area contributed by atoms with Crippen molar-refractivity contribution in [1.29, 1.82) is 0 Å². The van der Waals surface area contributed by atoms with Crippen molar-refractivity contribution in [3.63, 3.8) is 0 Å². The Morgan fingerprint density at radius 2 is 1.95 bits per heavy atom. The van der Waals surface area contributed by atoms with Gasteiger partial charge in [-0.2, -0.15) is 0 Å². The first-order valence-electron chi connectivity index (χ1n) is 6.08. The molecular formula is C14H16N2O3S. The van der Waals surface area contributed by atoms with Gasteiger partial charge in [0.15, 0.2) is 9.84 Å². The molecule has 1 heterocycles. The van der Waals surface area contributed by atoms with E-state index >= 15 is 0 Å². The molecule has 5 nitrogen and oxygen atoms in total. The Kier molecular flexibility index (Phi) is 4.36. The molecule has 0 atom stereocenters. The standard InChI is InChI=1S/C14H16N2O3S/c1-20(18,19)13-6-3-7-15-14(13)16-9-11-4-2-5-12(8-11)10-17/h2-8,17H,9-10H2,1H3,(H,15,16). The maximum atomic E-state index is 11.7. The predicted octanol–water partition coefficient (Wildman–Crippen LogP) is 1.59. The van der Waals surface area contributed by atoms with Crippen LogP contribution in [0.4, 0.5) is 5.82 Å². The van der Waals surface area contributed by atoms with Crippen LogP contribution in [0.1, 0.15) is 11.1 Å². The van der Waals surface area contributed by atoms with Gasteiger partial charge in [0, 0.05) is 19.0 Å². The highest BCUT2D eigenvalue weighted by atomic mass is 32.2. The van der Waals surface area contributed by atoms with Crippen molar-refractivity contribution in [3.05, 3.63) is 53.7 Å². The Balaban J connectivity index is 2.19. The zero-order chi connectivity index (χ0) is 14.6. The summed E-state index contributed by atoms with van der Waals surface area (Å²) in [6, 6.07) is 10.5. The number of hydrogen-bond donors (Lipinski definition) is 2. The van der Waals surface area contributed by atoms with E-state index in [2.05, 4.69) is 10.3 Å². The van der Waals surface area contributed by atoms with E-state index in [1.807, 2.05) is 24.3 Å². The Morgan fingerprint density at radius 1 is 1.20 bits per heavy atom. The molecule has 6 heteroatoms. The Hall–Kier alpha value is -1.92. The van der Waals surface area contributed by atoms with Gasteiger partial charge < -0.3 is 10.4 Å². The van der Waals surface area contributed by atoms with Gasteiger partial charge in [0.05, 0.1) is 6.61 Å². The number of anilines is 1. The maximum absolute atomic E-state index is 11.7. The van der Waals surface area contributed by atoms with E-state index in [-0.39, 0.29) is 11.5 Å². The molecule has 0 bridgehead atoms. The number of aromatic nitrogens is 1. The Labute approximate surface area is 118 Å². The molecule has 2 N–H and O–H groups in total. The van der Waals surface area contributed by atoms with E-state index in [4.69, 9.17) is 5.11 Å². The molecule has 2 rings (SSSR count). The van der Waals surface area contributed by atoms with Crippen LogP contribution >= 0.6 is 0 Å². The van der Waals surface area contributed by atoms with Gasteiger partial charge in [-0.05, 0) is 23.3 Å². The maximum Gasteiger partial charge on any atom is 0.179 e. The highest BCUT2D eigenvalue weighted by molar-refractivity contribution is 7.90. The van der Waals surface area contributed by atoms with Crippen LogP contribution < -0.4 is 5.32 Å². The third-order valence-corrected chi connectivity index (χ3v) is 3.93. The fourth-order valence-corrected chi connectivity index (χ4v) is 2.65. The predicted molar refractivity (Wildman–Crippen MR) is 77.0 cm³/mol. The molecule has 0 radical (unpaired) electrons. The van der Waals surface area contributed by atoms with Crippen LogP contribution in [0.25, 0.3) is 0 Å². The van der Waals surface area contributed by atoms with Crippen molar-refractivity contribution < 1.29 is 13.5 Å². The van der Waals surface area contributed by atoms with Crippen molar-refractivity contribution in [2.24, 2.45) is 0 Å². The highest BCUT2D eigenvalue weighted by Gasteiger charge is 2.13. The summed E-state index contributed by atoms with van der Waals surface area (Å²) >= 11 is 0. The lowest BCUT2D eigenvalue weighted by molar-refractivity contribution is 0.281. The molecule has 20 heavy (non-hydrogen) atoms. The largest absolute Gasteiger partial charge is 0.392 e. The molecule has 0 unspecified atom stereocenters. The quantitative estimate of drug-likeness (QED) is 0.875. The number of rotatable bonds is 5. The summed E-state index contributed by atoms with van der Waals surface area (Å²) in [5.41, 5.74) is 1.76. The third-order valence-electron chi connectivity index (χ3n) is 2.80. The second kappa shape index (κ2) is 6.02. The van der Waals surface area contributed by atoms with Crippen molar-refractivity contribution in [1.82, 2.24) is 4.98 Å². The Morgan fingerprint density at radius 3 is 2.65 bits per heavy atom. The number of aliphatic hydroxyl groups excluding tert-OH is 1. The zero-order valence-electron chi connectivity index (χ0n) is 11.1. The summed E-state index contributed by atoms with van der Waals surface area (Å²) in [6.07, 6.45) is 2.70. The monoisotopic (exact) mass is 292 g/mol. The Bertz CT molecular complexity index is 699. The fraction of sp³-hybridized carbons (Fsp3) is 0.214. The van der Waals surface area contributed by atoms with Crippen LogP contribution in [0.2, 0.25) is 0 Å². The summed E-state index contributed by atoms with van der Waals surface area (Å²) < 4.78 is 23.3. The first-order chi connectivity index (χ1) is 9.50. The van der Waals surface area contributed by atoms with E-state index in [1.165, 1.54) is 6.07 Å². The number of sulfone groups is 1. The molecule has 2 aromatic rings. The summed E-state index contributed by atoms with van der Waals surface area (Å²) in [7, 11) is -3.32. The van der Waals surface area contributed by atoms with Crippen LogP contribution in [0.15, 0.2) is 47.5 Å². The van der Waals surface area contributed by atoms with Crippen molar-refractivity contribution in [2.75, 3.05) is 11.6 Å². The first-order valence-corrected chi connectivity index (χ1v) is 7.97. The van der Waals surface area contributed by atoms with Gasteiger partial charge in [0.1, 0.15) is 10.7 Å². The second-order valence-corrected chi connectivity index (χ2v) is 6.44. The lowest BCUT2D eigenvalue weighted by atomic mass is 10.1. The topological polar surface area (TPSA) is 79.3 Å². The molecule has 1 aromatic carbocycles. The molecule has 1 aromatic heterocycles. The molecule has 0 saturated heterocycles. The molecule has 0 saturated carbocycles. The highest BCUT2D eigenvalue weighted by Crippen LogP contribution is 2.18. The van der Waals surface area contributed by atoms with Gasteiger partial charge >= 0.3 is 0 Å². The minimum atomic E-state index is -3.32. The molecule has 0 aliphatic heterocycles.